The number of hydrogen-bond acceptors (Lipinski definition) is 2. The molecule has 2 heteroatoms. The first-order valence-electron chi connectivity index (χ1n) is 7.17. The summed E-state index contributed by atoms with van der Waals surface area (Å²) in [5, 5.41) is 0. The van der Waals surface area contributed by atoms with E-state index in [0.29, 0.717) is 0 Å². The van der Waals surface area contributed by atoms with E-state index in [1.165, 1.54) is 0 Å². The first kappa shape index (κ1) is 13.6. The van der Waals surface area contributed by atoms with Gasteiger partial charge in [0.1, 0.15) is 0 Å². The Morgan fingerprint density at radius 2 is 1.29 bits per heavy atom. The van der Waals surface area contributed by atoms with Gasteiger partial charge in [0.15, 0.2) is 5.78 Å². The Morgan fingerprint density at radius 3 is 1.81 bits per heavy atom. The Hall–Kier alpha value is -2.35. The molecule has 0 saturated carbocycles. The molecule has 1 aliphatic heterocycles. The van der Waals surface area contributed by atoms with Crippen molar-refractivity contribution in [3.05, 3.63) is 71.8 Å². The number of benzene rings is 2. The topological polar surface area (TPSA) is 20.3 Å². The molecule has 1 heterocycles. The molecule has 0 aliphatic carbocycles. The maximum Gasteiger partial charge on any atom is 0.190 e. The predicted molar refractivity (Wildman–Crippen MR) is 86.5 cm³/mol. The van der Waals surface area contributed by atoms with E-state index < -0.39 is 5.54 Å². The molecule has 0 amide bonds. The summed E-state index contributed by atoms with van der Waals surface area (Å²) in [6, 6.07) is 20.1. The largest absolute Gasteiger partial charge is 0.361 e. The third-order valence-corrected chi connectivity index (χ3v) is 4.30. The van der Waals surface area contributed by atoms with Crippen molar-refractivity contribution < 1.29 is 4.79 Å². The summed E-state index contributed by atoms with van der Waals surface area (Å²) in [6.07, 6.45) is 0. The van der Waals surface area contributed by atoms with Gasteiger partial charge in [0.25, 0.3) is 0 Å². The maximum absolute atomic E-state index is 12.9. The summed E-state index contributed by atoms with van der Waals surface area (Å²) < 4.78 is 0. The molecule has 0 atom stereocenters. The van der Waals surface area contributed by atoms with E-state index in [2.05, 4.69) is 17.0 Å². The highest BCUT2D eigenvalue weighted by Gasteiger charge is 2.44. The smallest absolute Gasteiger partial charge is 0.190 e. The first-order chi connectivity index (χ1) is 10.0. The Bertz CT molecular complexity index is 699. The van der Waals surface area contributed by atoms with Crippen LogP contribution in [-0.4, -0.2) is 23.3 Å². The number of carbonyl (C=O) groups is 1. The van der Waals surface area contributed by atoms with Crippen LogP contribution in [0.1, 0.15) is 25.0 Å². The number of Topliss-reactive ketones (excluding diaryl/α,β-unsaturated/α-hetero) is 1. The minimum absolute atomic E-state index is 0.176. The van der Waals surface area contributed by atoms with Crippen molar-refractivity contribution in [2.45, 2.75) is 19.4 Å². The Kier molecular flexibility index (Phi) is 3.17. The SMILES string of the molecule is CN1C(c2ccccc2)=C(c2ccccc2)C(=O)C1(C)C. The van der Waals surface area contributed by atoms with E-state index in [1.54, 1.807) is 0 Å². The highest BCUT2D eigenvalue weighted by Crippen LogP contribution is 2.42. The van der Waals surface area contributed by atoms with Crippen LogP contribution in [0.5, 0.6) is 0 Å². The van der Waals surface area contributed by atoms with Crippen molar-refractivity contribution in [3.63, 3.8) is 0 Å². The van der Waals surface area contributed by atoms with Gasteiger partial charge >= 0.3 is 0 Å². The molecule has 1 aliphatic rings. The van der Waals surface area contributed by atoms with Gasteiger partial charge in [-0.2, -0.15) is 0 Å². The van der Waals surface area contributed by atoms with E-state index in [1.807, 2.05) is 69.4 Å². The zero-order chi connectivity index (χ0) is 15.0. The molecule has 21 heavy (non-hydrogen) atoms. The number of likely N-dealkylation sites (N-methyl/N-ethyl adjacent to an activating group) is 1. The number of carbonyl (C=O) groups excluding carboxylic acids is 1. The van der Waals surface area contributed by atoms with Gasteiger partial charge in [0.2, 0.25) is 0 Å². The summed E-state index contributed by atoms with van der Waals surface area (Å²) in [4.78, 5) is 15.0. The fraction of sp³-hybridized carbons (Fsp3) is 0.211. The van der Waals surface area contributed by atoms with E-state index in [9.17, 15) is 4.79 Å². The van der Waals surface area contributed by atoms with Crippen LogP contribution in [0.3, 0.4) is 0 Å². The van der Waals surface area contributed by atoms with Crippen molar-refractivity contribution in [3.8, 4) is 0 Å². The van der Waals surface area contributed by atoms with Crippen molar-refractivity contribution in [2.24, 2.45) is 0 Å². The number of rotatable bonds is 2. The second-order valence-electron chi connectivity index (χ2n) is 5.90. The van der Waals surface area contributed by atoms with Gasteiger partial charge in [-0.1, -0.05) is 60.7 Å². The predicted octanol–water partition coefficient (Wildman–Crippen LogP) is 3.85. The average molecular weight is 277 g/mol. The molecule has 0 unspecified atom stereocenters. The van der Waals surface area contributed by atoms with Crippen LogP contribution in [0.15, 0.2) is 60.7 Å². The van der Waals surface area contributed by atoms with E-state index >= 15 is 0 Å². The molecule has 0 saturated heterocycles. The fourth-order valence-electron chi connectivity index (χ4n) is 2.82. The van der Waals surface area contributed by atoms with Crippen LogP contribution in [-0.2, 0) is 4.79 Å². The monoisotopic (exact) mass is 277 g/mol. The number of ketones is 1. The molecule has 2 nitrogen and oxygen atoms in total. The van der Waals surface area contributed by atoms with Crippen LogP contribution in [0.4, 0.5) is 0 Å². The lowest BCUT2D eigenvalue weighted by atomic mass is 9.92. The fourth-order valence-corrected chi connectivity index (χ4v) is 2.82. The third kappa shape index (κ3) is 2.07. The molecule has 0 spiro atoms. The number of hydrogen-bond donors (Lipinski definition) is 0. The maximum atomic E-state index is 12.9. The second-order valence-corrected chi connectivity index (χ2v) is 5.90. The highest BCUT2D eigenvalue weighted by molar-refractivity contribution is 6.34. The normalized spacial score (nSPS) is 17.5. The van der Waals surface area contributed by atoms with Gasteiger partial charge in [-0.15, -0.1) is 0 Å². The van der Waals surface area contributed by atoms with E-state index in [4.69, 9.17) is 0 Å². The number of nitrogens with zero attached hydrogens (tertiary/aromatic N) is 1. The molecule has 0 bridgehead atoms. The van der Waals surface area contributed by atoms with Crippen molar-refractivity contribution in [1.82, 2.24) is 4.90 Å². The Morgan fingerprint density at radius 1 is 0.810 bits per heavy atom. The van der Waals surface area contributed by atoms with Crippen LogP contribution < -0.4 is 0 Å². The second kappa shape index (κ2) is 4.88. The molecule has 3 rings (SSSR count). The van der Waals surface area contributed by atoms with Gasteiger partial charge in [0.05, 0.1) is 16.8 Å². The first-order valence-corrected chi connectivity index (χ1v) is 7.17. The Balaban J connectivity index is 2.27. The summed E-state index contributed by atoms with van der Waals surface area (Å²) in [7, 11) is 2.00. The molecule has 0 N–H and O–H groups in total. The zero-order valence-corrected chi connectivity index (χ0v) is 12.6. The van der Waals surface area contributed by atoms with Crippen LogP contribution in [0.2, 0.25) is 0 Å². The average Bonchev–Trinajstić information content (AvgIpc) is 2.69. The summed E-state index contributed by atoms with van der Waals surface area (Å²) >= 11 is 0. The quantitative estimate of drug-likeness (QED) is 0.831. The minimum atomic E-state index is -0.518. The van der Waals surface area contributed by atoms with Crippen molar-refractivity contribution in [1.29, 1.82) is 0 Å². The van der Waals surface area contributed by atoms with Crippen LogP contribution in [0.25, 0.3) is 11.3 Å². The molecular weight excluding hydrogens is 258 g/mol. The van der Waals surface area contributed by atoms with E-state index in [-0.39, 0.29) is 5.78 Å². The lowest BCUT2D eigenvalue weighted by Gasteiger charge is -2.30. The summed E-state index contributed by atoms with van der Waals surface area (Å²) in [6.45, 7) is 3.96. The molecule has 0 radical (unpaired) electrons. The van der Waals surface area contributed by atoms with Gasteiger partial charge in [0, 0.05) is 7.05 Å². The zero-order valence-electron chi connectivity index (χ0n) is 12.6. The van der Waals surface area contributed by atoms with Crippen LogP contribution >= 0.6 is 0 Å². The summed E-state index contributed by atoms with van der Waals surface area (Å²) in [5.41, 5.74) is 3.37. The molecule has 0 aromatic heterocycles. The van der Waals surface area contributed by atoms with Crippen molar-refractivity contribution >= 4 is 17.1 Å². The van der Waals surface area contributed by atoms with Gasteiger partial charge in [-0.25, -0.2) is 0 Å². The van der Waals surface area contributed by atoms with Crippen molar-refractivity contribution in [2.75, 3.05) is 7.05 Å². The standard InChI is InChI=1S/C19H19NO/c1-19(2)18(21)16(14-10-6-4-7-11-14)17(20(19)3)15-12-8-5-9-13-15/h4-13H,1-3H3. The molecule has 2 aromatic carbocycles. The van der Waals surface area contributed by atoms with Gasteiger partial charge < -0.3 is 4.90 Å². The third-order valence-electron chi connectivity index (χ3n) is 4.30. The van der Waals surface area contributed by atoms with Gasteiger partial charge in [-0.3, -0.25) is 4.79 Å². The highest BCUT2D eigenvalue weighted by atomic mass is 16.1. The molecule has 2 aromatic rings. The minimum Gasteiger partial charge on any atom is -0.361 e. The van der Waals surface area contributed by atoms with Crippen LogP contribution in [0, 0.1) is 0 Å². The summed E-state index contributed by atoms with van der Waals surface area (Å²) in [5.74, 6) is 0.176. The lowest BCUT2D eigenvalue weighted by Crippen LogP contribution is -2.41. The molecular formula is C19H19NO. The van der Waals surface area contributed by atoms with Gasteiger partial charge in [-0.05, 0) is 25.0 Å². The molecule has 0 fully saturated rings. The lowest BCUT2D eigenvalue weighted by molar-refractivity contribution is -0.119. The van der Waals surface area contributed by atoms with E-state index in [0.717, 1.165) is 22.4 Å². The molecule has 106 valence electrons. The Labute approximate surface area is 125 Å².